The Hall–Kier alpha value is -2.40. The first-order chi connectivity index (χ1) is 10.1. The number of pyridine rings is 1. The van der Waals surface area contributed by atoms with Crippen molar-refractivity contribution in [3.63, 3.8) is 0 Å². The van der Waals surface area contributed by atoms with Gasteiger partial charge in [0.05, 0.1) is 18.3 Å². The quantitative estimate of drug-likeness (QED) is 0.788. The lowest BCUT2D eigenvalue weighted by Gasteiger charge is -2.09. The molecule has 0 aliphatic heterocycles. The molecule has 1 atom stereocenters. The van der Waals surface area contributed by atoms with Crippen molar-refractivity contribution in [2.45, 2.75) is 26.1 Å². The number of benzene rings is 1. The van der Waals surface area contributed by atoms with Crippen LogP contribution in [0.5, 0.6) is 0 Å². The summed E-state index contributed by atoms with van der Waals surface area (Å²) in [5.74, 6) is 0. The predicted octanol–water partition coefficient (Wildman–Crippen LogP) is 2.13. The predicted molar refractivity (Wildman–Crippen MR) is 80.4 cm³/mol. The SMILES string of the molecule is CC(O)c1ccc(CNC(=O)NCc2ccccn2)cc1. The van der Waals surface area contributed by atoms with Gasteiger partial charge in [-0.05, 0) is 30.2 Å². The molecule has 1 heterocycles. The summed E-state index contributed by atoms with van der Waals surface area (Å²) in [6.45, 7) is 2.56. The Bertz CT molecular complexity index is 568. The highest BCUT2D eigenvalue weighted by molar-refractivity contribution is 5.73. The molecule has 1 aromatic heterocycles. The summed E-state index contributed by atoms with van der Waals surface area (Å²) < 4.78 is 0. The molecule has 1 unspecified atom stereocenters. The van der Waals surface area contributed by atoms with E-state index in [1.807, 2.05) is 42.5 Å². The monoisotopic (exact) mass is 285 g/mol. The van der Waals surface area contributed by atoms with E-state index in [1.54, 1.807) is 13.1 Å². The first-order valence-corrected chi connectivity index (χ1v) is 6.83. The maximum absolute atomic E-state index is 11.7. The molecule has 1 aromatic carbocycles. The lowest BCUT2D eigenvalue weighted by Crippen LogP contribution is -2.34. The van der Waals surface area contributed by atoms with Gasteiger partial charge >= 0.3 is 6.03 Å². The van der Waals surface area contributed by atoms with Crippen LogP contribution in [-0.2, 0) is 13.1 Å². The van der Waals surface area contributed by atoms with Gasteiger partial charge in [-0.1, -0.05) is 30.3 Å². The number of aliphatic hydroxyl groups excluding tert-OH is 1. The summed E-state index contributed by atoms with van der Waals surface area (Å²) in [5.41, 5.74) is 2.65. The lowest BCUT2D eigenvalue weighted by molar-refractivity contribution is 0.199. The summed E-state index contributed by atoms with van der Waals surface area (Å²) in [7, 11) is 0. The highest BCUT2D eigenvalue weighted by atomic mass is 16.3. The van der Waals surface area contributed by atoms with Crippen LogP contribution in [0.15, 0.2) is 48.7 Å². The molecule has 0 saturated carbocycles. The molecule has 110 valence electrons. The van der Waals surface area contributed by atoms with Crippen molar-refractivity contribution in [1.29, 1.82) is 0 Å². The van der Waals surface area contributed by atoms with Gasteiger partial charge in [0.2, 0.25) is 0 Å². The van der Waals surface area contributed by atoms with Crippen molar-refractivity contribution in [3.05, 3.63) is 65.5 Å². The molecular weight excluding hydrogens is 266 g/mol. The number of hydrogen-bond acceptors (Lipinski definition) is 3. The molecule has 0 spiro atoms. The number of carbonyl (C=O) groups is 1. The molecule has 3 N–H and O–H groups in total. The maximum atomic E-state index is 11.7. The van der Waals surface area contributed by atoms with Crippen LogP contribution in [0.3, 0.4) is 0 Å². The average molecular weight is 285 g/mol. The van der Waals surface area contributed by atoms with Crippen LogP contribution in [0.25, 0.3) is 0 Å². The summed E-state index contributed by atoms with van der Waals surface area (Å²) >= 11 is 0. The van der Waals surface area contributed by atoms with E-state index in [0.717, 1.165) is 16.8 Å². The van der Waals surface area contributed by atoms with Crippen molar-refractivity contribution >= 4 is 6.03 Å². The fourth-order valence-electron chi connectivity index (χ4n) is 1.83. The number of urea groups is 1. The number of nitrogens with zero attached hydrogens (tertiary/aromatic N) is 1. The topological polar surface area (TPSA) is 74.2 Å². The fourth-order valence-corrected chi connectivity index (χ4v) is 1.83. The number of aromatic nitrogens is 1. The number of rotatable bonds is 5. The maximum Gasteiger partial charge on any atom is 0.315 e. The first kappa shape index (κ1) is 15.0. The molecule has 0 saturated heterocycles. The number of carbonyl (C=O) groups excluding carboxylic acids is 1. The minimum Gasteiger partial charge on any atom is -0.389 e. The molecule has 2 aromatic rings. The van der Waals surface area contributed by atoms with Gasteiger partial charge in [-0.3, -0.25) is 4.98 Å². The molecule has 0 bridgehead atoms. The van der Waals surface area contributed by atoms with E-state index >= 15 is 0 Å². The molecule has 21 heavy (non-hydrogen) atoms. The second kappa shape index (κ2) is 7.40. The van der Waals surface area contributed by atoms with Gasteiger partial charge in [-0.25, -0.2) is 4.79 Å². The van der Waals surface area contributed by atoms with Crippen LogP contribution >= 0.6 is 0 Å². The van der Waals surface area contributed by atoms with E-state index in [2.05, 4.69) is 15.6 Å². The molecule has 5 nitrogen and oxygen atoms in total. The van der Waals surface area contributed by atoms with E-state index in [4.69, 9.17) is 0 Å². The largest absolute Gasteiger partial charge is 0.389 e. The van der Waals surface area contributed by atoms with Gasteiger partial charge in [0.15, 0.2) is 0 Å². The van der Waals surface area contributed by atoms with Crippen LogP contribution in [0.1, 0.15) is 29.8 Å². The summed E-state index contributed by atoms with van der Waals surface area (Å²) in [5, 5.41) is 14.9. The van der Waals surface area contributed by atoms with Gasteiger partial charge in [0, 0.05) is 12.7 Å². The number of hydrogen-bond donors (Lipinski definition) is 3. The Morgan fingerprint density at radius 3 is 2.48 bits per heavy atom. The smallest absolute Gasteiger partial charge is 0.315 e. The standard InChI is InChI=1S/C16H19N3O2/c1-12(20)14-7-5-13(6-8-14)10-18-16(21)19-11-15-4-2-3-9-17-15/h2-9,12,20H,10-11H2,1H3,(H2,18,19,21). The van der Waals surface area contributed by atoms with Gasteiger partial charge < -0.3 is 15.7 Å². The third kappa shape index (κ3) is 4.89. The minimum absolute atomic E-state index is 0.236. The van der Waals surface area contributed by atoms with E-state index in [0.29, 0.717) is 13.1 Å². The first-order valence-electron chi connectivity index (χ1n) is 6.83. The Kier molecular flexibility index (Phi) is 5.29. The van der Waals surface area contributed by atoms with Crippen LogP contribution in [-0.4, -0.2) is 16.1 Å². The molecule has 0 aliphatic rings. The second-order valence-corrected chi connectivity index (χ2v) is 4.77. The zero-order chi connectivity index (χ0) is 15.1. The lowest BCUT2D eigenvalue weighted by atomic mass is 10.1. The Labute approximate surface area is 124 Å². The van der Waals surface area contributed by atoms with Gasteiger partial charge in [0.25, 0.3) is 0 Å². The third-order valence-corrected chi connectivity index (χ3v) is 3.07. The number of amides is 2. The van der Waals surface area contributed by atoms with E-state index in [9.17, 15) is 9.90 Å². The normalized spacial score (nSPS) is 11.7. The van der Waals surface area contributed by atoms with Gasteiger partial charge in [-0.2, -0.15) is 0 Å². The molecule has 0 radical (unpaired) electrons. The average Bonchev–Trinajstić information content (AvgIpc) is 2.52. The summed E-state index contributed by atoms with van der Waals surface area (Å²) in [4.78, 5) is 15.8. The molecular formula is C16H19N3O2. The second-order valence-electron chi connectivity index (χ2n) is 4.77. The van der Waals surface area contributed by atoms with E-state index in [-0.39, 0.29) is 6.03 Å². The minimum atomic E-state index is -0.478. The Balaban J connectivity index is 1.76. The van der Waals surface area contributed by atoms with Crippen molar-refractivity contribution in [2.24, 2.45) is 0 Å². The molecule has 0 fully saturated rings. The molecule has 0 aliphatic carbocycles. The molecule has 2 amide bonds. The zero-order valence-corrected chi connectivity index (χ0v) is 11.9. The molecule has 2 rings (SSSR count). The van der Waals surface area contributed by atoms with Crippen molar-refractivity contribution in [2.75, 3.05) is 0 Å². The van der Waals surface area contributed by atoms with Crippen LogP contribution in [0.2, 0.25) is 0 Å². The fraction of sp³-hybridized carbons (Fsp3) is 0.250. The third-order valence-electron chi connectivity index (χ3n) is 3.07. The van der Waals surface area contributed by atoms with Crippen molar-refractivity contribution in [3.8, 4) is 0 Å². The van der Waals surface area contributed by atoms with Crippen LogP contribution < -0.4 is 10.6 Å². The van der Waals surface area contributed by atoms with Gasteiger partial charge in [0.1, 0.15) is 0 Å². The number of aliphatic hydroxyl groups is 1. The van der Waals surface area contributed by atoms with Crippen LogP contribution in [0.4, 0.5) is 4.79 Å². The van der Waals surface area contributed by atoms with Crippen molar-refractivity contribution in [1.82, 2.24) is 15.6 Å². The summed E-state index contributed by atoms with van der Waals surface area (Å²) in [6, 6.07) is 12.8. The highest BCUT2D eigenvalue weighted by Gasteiger charge is 2.03. The number of nitrogens with one attached hydrogen (secondary N) is 2. The Morgan fingerprint density at radius 1 is 1.14 bits per heavy atom. The zero-order valence-electron chi connectivity index (χ0n) is 11.9. The highest BCUT2D eigenvalue weighted by Crippen LogP contribution is 2.12. The van der Waals surface area contributed by atoms with Crippen LogP contribution in [0, 0.1) is 0 Å². The van der Waals surface area contributed by atoms with Gasteiger partial charge in [-0.15, -0.1) is 0 Å². The van der Waals surface area contributed by atoms with Crippen molar-refractivity contribution < 1.29 is 9.90 Å². The molecule has 5 heteroatoms. The Morgan fingerprint density at radius 2 is 1.86 bits per heavy atom. The van der Waals surface area contributed by atoms with E-state index in [1.165, 1.54) is 0 Å². The summed E-state index contributed by atoms with van der Waals surface area (Å²) in [6.07, 6.45) is 1.22. The van der Waals surface area contributed by atoms with E-state index < -0.39 is 6.10 Å².